The molecule has 27 heavy (non-hydrogen) atoms. The predicted molar refractivity (Wildman–Crippen MR) is 106 cm³/mol. The van der Waals surface area contributed by atoms with Crippen molar-refractivity contribution >= 4 is 50.3 Å². The monoisotopic (exact) mass is 395 g/mol. The molecule has 4 heterocycles. The van der Waals surface area contributed by atoms with Crippen molar-refractivity contribution in [3.63, 3.8) is 0 Å². The number of nitriles is 1. The fraction of sp³-hybridized carbons (Fsp3) is 0.0556. The van der Waals surface area contributed by atoms with E-state index in [1.807, 2.05) is 16.8 Å². The van der Waals surface area contributed by atoms with Crippen LogP contribution in [0.1, 0.15) is 21.0 Å². The number of thiophene rings is 2. The first-order valence-corrected chi connectivity index (χ1v) is 9.60. The molecule has 0 atom stereocenters. The Labute approximate surface area is 161 Å². The Kier molecular flexibility index (Phi) is 4.27. The van der Waals surface area contributed by atoms with Crippen LogP contribution in [0.25, 0.3) is 21.3 Å². The van der Waals surface area contributed by atoms with Gasteiger partial charge >= 0.3 is 0 Å². The van der Waals surface area contributed by atoms with Crippen LogP contribution in [0.3, 0.4) is 0 Å². The average molecular weight is 395 g/mol. The number of nitrogen functional groups attached to an aromatic ring is 2. The molecule has 0 aliphatic heterocycles. The average Bonchev–Trinajstić information content (AvgIpc) is 3.41. The SMILES string of the molecule is N#Cc1c(N)nc2sc(C(=O)NCc3ccco3)c(N)c2c1-c1ccsc1. The number of furan rings is 1. The van der Waals surface area contributed by atoms with Gasteiger partial charge in [-0.1, -0.05) is 0 Å². The maximum atomic E-state index is 12.6. The molecule has 5 N–H and O–H groups in total. The molecule has 0 radical (unpaired) electrons. The third-order valence-corrected chi connectivity index (χ3v) is 5.82. The highest BCUT2D eigenvalue weighted by Crippen LogP contribution is 2.43. The molecule has 0 unspecified atom stereocenters. The minimum Gasteiger partial charge on any atom is -0.467 e. The summed E-state index contributed by atoms with van der Waals surface area (Å²) in [6.45, 7) is 0.246. The summed E-state index contributed by atoms with van der Waals surface area (Å²) in [6, 6.07) is 7.51. The number of fused-ring (bicyclic) bond motifs is 1. The number of hydrogen-bond donors (Lipinski definition) is 3. The van der Waals surface area contributed by atoms with E-state index in [4.69, 9.17) is 15.9 Å². The number of carbonyl (C=O) groups is 1. The maximum Gasteiger partial charge on any atom is 0.263 e. The summed E-state index contributed by atoms with van der Waals surface area (Å²) in [5.41, 5.74) is 14.3. The Balaban J connectivity index is 1.83. The normalized spacial score (nSPS) is 10.8. The van der Waals surface area contributed by atoms with Gasteiger partial charge in [-0.15, -0.1) is 11.3 Å². The van der Waals surface area contributed by atoms with Gasteiger partial charge in [0.1, 0.15) is 32.9 Å². The standard InChI is InChI=1S/C18H13N5O2S2/c19-6-11-12(9-3-5-26-8-9)13-14(20)15(27-18(13)23-16(11)21)17(24)22-7-10-2-1-4-25-10/h1-5,8H,7,20H2,(H2,21,23)(H,22,24). The number of nitrogens with one attached hydrogen (secondary N) is 1. The van der Waals surface area contributed by atoms with Gasteiger partial charge < -0.3 is 21.2 Å². The molecule has 0 spiro atoms. The van der Waals surface area contributed by atoms with Gasteiger partial charge in [0.2, 0.25) is 0 Å². The number of pyridine rings is 1. The number of hydrogen-bond acceptors (Lipinski definition) is 8. The molecule has 134 valence electrons. The van der Waals surface area contributed by atoms with Crippen molar-refractivity contribution in [2.45, 2.75) is 6.54 Å². The van der Waals surface area contributed by atoms with Gasteiger partial charge in [0.15, 0.2) is 0 Å². The molecule has 7 nitrogen and oxygen atoms in total. The zero-order valence-electron chi connectivity index (χ0n) is 13.9. The molecule has 0 aliphatic carbocycles. The Morgan fingerprint density at radius 3 is 2.89 bits per heavy atom. The minimum atomic E-state index is -0.333. The molecule has 0 saturated heterocycles. The van der Waals surface area contributed by atoms with Crippen molar-refractivity contribution in [3.05, 3.63) is 51.4 Å². The van der Waals surface area contributed by atoms with Crippen molar-refractivity contribution in [2.24, 2.45) is 0 Å². The smallest absolute Gasteiger partial charge is 0.263 e. The molecule has 4 aromatic rings. The van der Waals surface area contributed by atoms with Crippen molar-refractivity contribution in [1.82, 2.24) is 10.3 Å². The van der Waals surface area contributed by atoms with Crippen LogP contribution >= 0.6 is 22.7 Å². The number of carbonyl (C=O) groups excluding carboxylic acids is 1. The van der Waals surface area contributed by atoms with E-state index in [1.165, 1.54) is 11.3 Å². The summed E-state index contributed by atoms with van der Waals surface area (Å²) in [7, 11) is 0. The summed E-state index contributed by atoms with van der Waals surface area (Å²) < 4.78 is 5.22. The first kappa shape index (κ1) is 17.1. The Morgan fingerprint density at radius 2 is 2.22 bits per heavy atom. The van der Waals surface area contributed by atoms with Crippen molar-refractivity contribution in [3.8, 4) is 17.2 Å². The lowest BCUT2D eigenvalue weighted by molar-refractivity contribution is 0.0953. The van der Waals surface area contributed by atoms with Gasteiger partial charge in [-0.25, -0.2) is 4.98 Å². The number of rotatable bonds is 4. The first-order chi connectivity index (χ1) is 13.1. The van der Waals surface area contributed by atoms with E-state index in [0.717, 1.165) is 16.9 Å². The zero-order valence-corrected chi connectivity index (χ0v) is 15.5. The van der Waals surface area contributed by atoms with E-state index in [-0.39, 0.29) is 29.5 Å². The molecular weight excluding hydrogens is 382 g/mol. The lowest BCUT2D eigenvalue weighted by atomic mass is 9.99. The lowest BCUT2D eigenvalue weighted by Gasteiger charge is -2.07. The molecule has 9 heteroatoms. The van der Waals surface area contributed by atoms with Crippen LogP contribution in [-0.2, 0) is 6.54 Å². The number of anilines is 2. The Hall–Kier alpha value is -3.35. The topological polar surface area (TPSA) is 131 Å². The second-order valence-electron chi connectivity index (χ2n) is 5.66. The molecule has 0 bridgehead atoms. The first-order valence-electron chi connectivity index (χ1n) is 7.84. The Bertz CT molecular complexity index is 1170. The second-order valence-corrected chi connectivity index (χ2v) is 7.44. The van der Waals surface area contributed by atoms with E-state index in [0.29, 0.717) is 26.4 Å². The third kappa shape index (κ3) is 2.91. The molecule has 0 fully saturated rings. The van der Waals surface area contributed by atoms with Crippen LogP contribution in [0.5, 0.6) is 0 Å². The third-order valence-electron chi connectivity index (χ3n) is 4.04. The Morgan fingerprint density at radius 1 is 1.37 bits per heavy atom. The molecule has 4 rings (SSSR count). The lowest BCUT2D eigenvalue weighted by Crippen LogP contribution is -2.22. The number of nitrogens with zero attached hydrogens (tertiary/aromatic N) is 2. The molecule has 0 aromatic carbocycles. The maximum absolute atomic E-state index is 12.6. The van der Waals surface area contributed by atoms with E-state index >= 15 is 0 Å². The largest absolute Gasteiger partial charge is 0.467 e. The quantitative estimate of drug-likeness (QED) is 0.484. The van der Waals surface area contributed by atoms with Crippen molar-refractivity contribution in [2.75, 3.05) is 11.5 Å². The highest BCUT2D eigenvalue weighted by atomic mass is 32.1. The highest BCUT2D eigenvalue weighted by molar-refractivity contribution is 7.21. The van der Waals surface area contributed by atoms with E-state index in [1.54, 1.807) is 18.4 Å². The fourth-order valence-corrected chi connectivity index (χ4v) is 4.48. The zero-order chi connectivity index (χ0) is 19.0. The highest BCUT2D eigenvalue weighted by Gasteiger charge is 2.24. The second kappa shape index (κ2) is 6.75. The van der Waals surface area contributed by atoms with Gasteiger partial charge in [-0.2, -0.15) is 16.6 Å². The summed E-state index contributed by atoms with van der Waals surface area (Å²) in [6.07, 6.45) is 1.54. The molecule has 0 aliphatic rings. The van der Waals surface area contributed by atoms with E-state index in [2.05, 4.69) is 16.4 Å². The number of amides is 1. The molecule has 4 aromatic heterocycles. The van der Waals surface area contributed by atoms with E-state index < -0.39 is 0 Å². The van der Waals surface area contributed by atoms with Gasteiger partial charge in [0.25, 0.3) is 5.91 Å². The van der Waals surface area contributed by atoms with Gasteiger partial charge in [0.05, 0.1) is 18.5 Å². The molecule has 0 saturated carbocycles. The van der Waals surface area contributed by atoms with Crippen LogP contribution in [0, 0.1) is 11.3 Å². The van der Waals surface area contributed by atoms with E-state index in [9.17, 15) is 10.1 Å². The van der Waals surface area contributed by atoms with Crippen LogP contribution in [0.2, 0.25) is 0 Å². The predicted octanol–water partition coefficient (Wildman–Crippen LogP) is 3.58. The van der Waals surface area contributed by atoms with Crippen LogP contribution in [0.15, 0.2) is 39.6 Å². The molecule has 1 amide bonds. The van der Waals surface area contributed by atoms with Crippen LogP contribution in [-0.4, -0.2) is 10.9 Å². The molecular formula is C18H13N5O2S2. The summed E-state index contributed by atoms with van der Waals surface area (Å²) in [5, 5.41) is 16.7. The minimum absolute atomic E-state index is 0.120. The van der Waals surface area contributed by atoms with Gasteiger partial charge in [0, 0.05) is 10.9 Å². The fourth-order valence-electron chi connectivity index (χ4n) is 2.81. The summed E-state index contributed by atoms with van der Waals surface area (Å²) in [4.78, 5) is 17.8. The van der Waals surface area contributed by atoms with Crippen LogP contribution in [0.4, 0.5) is 11.5 Å². The van der Waals surface area contributed by atoms with Gasteiger partial charge in [-0.05, 0) is 34.5 Å². The van der Waals surface area contributed by atoms with Crippen molar-refractivity contribution < 1.29 is 9.21 Å². The summed E-state index contributed by atoms with van der Waals surface area (Å²) >= 11 is 2.65. The van der Waals surface area contributed by atoms with Crippen molar-refractivity contribution in [1.29, 1.82) is 5.26 Å². The number of aromatic nitrogens is 1. The summed E-state index contributed by atoms with van der Waals surface area (Å²) in [5.74, 6) is 0.423. The van der Waals surface area contributed by atoms with Gasteiger partial charge in [-0.3, -0.25) is 4.79 Å². The van der Waals surface area contributed by atoms with Crippen LogP contribution < -0.4 is 16.8 Å². The number of nitrogens with two attached hydrogens (primary N) is 2.